The summed E-state index contributed by atoms with van der Waals surface area (Å²) in [4.78, 5) is 14.2. The number of rotatable bonds is 3. The lowest BCUT2D eigenvalue weighted by atomic mass is 10.0. The minimum absolute atomic E-state index is 0.213. The lowest BCUT2D eigenvalue weighted by molar-refractivity contribution is -0.117. The van der Waals surface area contributed by atoms with Gasteiger partial charge in [0.05, 0.1) is 6.42 Å². The smallest absolute Gasteiger partial charge is 0.221 e. The van der Waals surface area contributed by atoms with Gasteiger partial charge in [0.25, 0.3) is 0 Å². The minimum atomic E-state index is -0.510. The Hall–Kier alpha value is -2.23. The van der Waals surface area contributed by atoms with Gasteiger partial charge < -0.3 is 5.73 Å². The van der Waals surface area contributed by atoms with Gasteiger partial charge in [-0.25, -0.2) is 4.98 Å². The summed E-state index contributed by atoms with van der Waals surface area (Å²) in [5.41, 5.74) is 7.57. The molecule has 1 aromatic carbocycles. The summed E-state index contributed by atoms with van der Waals surface area (Å²) in [5.74, 6) is -0.878. The number of nitrogens with zero attached hydrogens (tertiary/aromatic N) is 1. The largest absolute Gasteiger partial charge is 0.369 e. The van der Waals surface area contributed by atoms with Crippen molar-refractivity contribution in [3.63, 3.8) is 0 Å². The number of carbonyl (C=O) groups excluding carboxylic acids is 1. The van der Waals surface area contributed by atoms with Crippen LogP contribution in [0, 0.1) is 5.95 Å². The Kier molecular flexibility index (Phi) is 3.14. The summed E-state index contributed by atoms with van der Waals surface area (Å²) in [6.45, 7) is 0. The van der Waals surface area contributed by atoms with Crippen LogP contribution in [0.15, 0.2) is 42.6 Å². The summed E-state index contributed by atoms with van der Waals surface area (Å²) in [7, 11) is 0. The van der Waals surface area contributed by atoms with E-state index in [4.69, 9.17) is 5.73 Å². The van der Waals surface area contributed by atoms with Gasteiger partial charge in [0.1, 0.15) is 0 Å². The fourth-order valence-electron chi connectivity index (χ4n) is 1.60. The van der Waals surface area contributed by atoms with E-state index in [0.717, 1.165) is 16.7 Å². The maximum absolute atomic E-state index is 12.9. The molecule has 2 aromatic rings. The molecule has 1 heterocycles. The molecule has 0 atom stereocenters. The predicted octanol–water partition coefficient (Wildman–Crippen LogP) is 1.92. The second-order valence-corrected chi connectivity index (χ2v) is 3.71. The lowest BCUT2D eigenvalue weighted by Gasteiger charge is -2.03. The van der Waals surface area contributed by atoms with Gasteiger partial charge in [0, 0.05) is 12.3 Å². The fourth-order valence-corrected chi connectivity index (χ4v) is 1.60. The second kappa shape index (κ2) is 4.74. The second-order valence-electron chi connectivity index (χ2n) is 3.71. The molecule has 0 unspecified atom stereocenters. The Balaban J connectivity index is 2.26. The molecule has 0 radical (unpaired) electrons. The van der Waals surface area contributed by atoms with E-state index in [9.17, 15) is 9.18 Å². The third-order valence-corrected chi connectivity index (χ3v) is 2.39. The Morgan fingerprint density at radius 3 is 2.47 bits per heavy atom. The minimum Gasteiger partial charge on any atom is -0.369 e. The molecule has 0 aliphatic carbocycles. The zero-order chi connectivity index (χ0) is 12.3. The van der Waals surface area contributed by atoms with Crippen LogP contribution < -0.4 is 5.73 Å². The number of pyridine rings is 1. The number of hydrogen-bond donors (Lipinski definition) is 1. The molecule has 0 spiro atoms. The van der Waals surface area contributed by atoms with Crippen molar-refractivity contribution < 1.29 is 9.18 Å². The molecule has 0 saturated heterocycles. The van der Waals surface area contributed by atoms with Crippen molar-refractivity contribution in [2.24, 2.45) is 5.73 Å². The average molecular weight is 230 g/mol. The fraction of sp³-hybridized carbons (Fsp3) is 0.0769. The van der Waals surface area contributed by atoms with Gasteiger partial charge in [-0.3, -0.25) is 4.79 Å². The summed E-state index contributed by atoms with van der Waals surface area (Å²) < 4.78 is 12.9. The van der Waals surface area contributed by atoms with Crippen molar-refractivity contribution >= 4 is 5.91 Å². The Labute approximate surface area is 98.1 Å². The highest BCUT2D eigenvalue weighted by Crippen LogP contribution is 2.19. The molecule has 0 aliphatic rings. The van der Waals surface area contributed by atoms with E-state index in [0.29, 0.717) is 0 Å². The molecule has 1 aromatic heterocycles. The molecule has 1 amide bonds. The zero-order valence-corrected chi connectivity index (χ0v) is 9.06. The molecule has 0 bridgehead atoms. The number of carbonyl (C=O) groups is 1. The Morgan fingerprint density at radius 1 is 1.18 bits per heavy atom. The number of hydrogen-bond acceptors (Lipinski definition) is 2. The van der Waals surface area contributed by atoms with Crippen LogP contribution in [0.2, 0.25) is 0 Å². The van der Waals surface area contributed by atoms with Gasteiger partial charge >= 0.3 is 0 Å². The molecule has 0 saturated carbocycles. The number of benzene rings is 1. The van der Waals surface area contributed by atoms with E-state index in [2.05, 4.69) is 4.98 Å². The standard InChI is InChI=1S/C13H11FN2O/c14-12-8-11(5-6-16-12)10-3-1-9(2-4-10)7-13(15)17/h1-6,8H,7H2,(H2,15,17). The van der Waals surface area contributed by atoms with Crippen molar-refractivity contribution in [3.8, 4) is 11.1 Å². The lowest BCUT2D eigenvalue weighted by Crippen LogP contribution is -2.13. The first-order chi connectivity index (χ1) is 8.15. The molecule has 2 rings (SSSR count). The van der Waals surface area contributed by atoms with Crippen LogP contribution in [0.5, 0.6) is 0 Å². The first-order valence-corrected chi connectivity index (χ1v) is 5.14. The normalized spacial score (nSPS) is 10.2. The maximum atomic E-state index is 12.9. The van der Waals surface area contributed by atoms with E-state index in [-0.39, 0.29) is 12.3 Å². The first-order valence-electron chi connectivity index (χ1n) is 5.14. The van der Waals surface area contributed by atoms with E-state index < -0.39 is 5.95 Å². The maximum Gasteiger partial charge on any atom is 0.221 e. The van der Waals surface area contributed by atoms with Crippen molar-refractivity contribution in [2.75, 3.05) is 0 Å². The zero-order valence-electron chi connectivity index (χ0n) is 9.06. The highest BCUT2D eigenvalue weighted by atomic mass is 19.1. The third kappa shape index (κ3) is 2.87. The summed E-state index contributed by atoms with van der Waals surface area (Å²) in [6.07, 6.45) is 1.63. The number of nitrogens with two attached hydrogens (primary N) is 1. The van der Waals surface area contributed by atoms with E-state index in [1.165, 1.54) is 12.3 Å². The molecule has 86 valence electrons. The third-order valence-electron chi connectivity index (χ3n) is 2.39. The Bertz CT molecular complexity index is 537. The van der Waals surface area contributed by atoms with Gasteiger partial charge in [-0.05, 0) is 22.8 Å². The summed E-state index contributed by atoms with van der Waals surface area (Å²) in [5, 5.41) is 0. The molecule has 0 fully saturated rings. The number of primary amides is 1. The molecule has 17 heavy (non-hydrogen) atoms. The number of amides is 1. The van der Waals surface area contributed by atoms with Gasteiger partial charge in [-0.2, -0.15) is 4.39 Å². The molecule has 0 aliphatic heterocycles. The Morgan fingerprint density at radius 2 is 1.88 bits per heavy atom. The van der Waals surface area contributed by atoms with Crippen LogP contribution in [0.4, 0.5) is 4.39 Å². The molecular weight excluding hydrogens is 219 g/mol. The highest BCUT2D eigenvalue weighted by Gasteiger charge is 2.01. The van der Waals surface area contributed by atoms with Crippen molar-refractivity contribution in [1.82, 2.24) is 4.98 Å². The molecular formula is C13H11FN2O. The van der Waals surface area contributed by atoms with Crippen LogP contribution in [0.3, 0.4) is 0 Å². The molecule has 2 N–H and O–H groups in total. The van der Waals surface area contributed by atoms with Gasteiger partial charge in [0.15, 0.2) is 0 Å². The van der Waals surface area contributed by atoms with Crippen molar-refractivity contribution in [2.45, 2.75) is 6.42 Å². The monoisotopic (exact) mass is 230 g/mol. The first kappa shape index (κ1) is 11.3. The van der Waals surface area contributed by atoms with Crippen molar-refractivity contribution in [1.29, 1.82) is 0 Å². The SMILES string of the molecule is NC(=O)Cc1ccc(-c2ccnc(F)c2)cc1. The van der Waals surface area contributed by atoms with Crippen LogP contribution in [0.1, 0.15) is 5.56 Å². The summed E-state index contributed by atoms with van der Waals surface area (Å²) >= 11 is 0. The van der Waals surface area contributed by atoms with E-state index in [1.807, 2.05) is 12.1 Å². The van der Waals surface area contributed by atoms with Crippen molar-refractivity contribution in [3.05, 3.63) is 54.1 Å². The molecule has 4 heteroatoms. The number of aromatic nitrogens is 1. The van der Waals surface area contributed by atoms with Gasteiger partial charge in [-0.15, -0.1) is 0 Å². The quantitative estimate of drug-likeness (QED) is 0.819. The predicted molar refractivity (Wildman–Crippen MR) is 62.5 cm³/mol. The van der Waals surface area contributed by atoms with Crippen LogP contribution >= 0.6 is 0 Å². The topological polar surface area (TPSA) is 56.0 Å². The van der Waals surface area contributed by atoms with Gasteiger partial charge in [-0.1, -0.05) is 24.3 Å². The van der Waals surface area contributed by atoms with Gasteiger partial charge in [0.2, 0.25) is 11.9 Å². The van der Waals surface area contributed by atoms with E-state index in [1.54, 1.807) is 18.2 Å². The van der Waals surface area contributed by atoms with E-state index >= 15 is 0 Å². The summed E-state index contributed by atoms with van der Waals surface area (Å²) in [6, 6.07) is 10.4. The highest BCUT2D eigenvalue weighted by molar-refractivity contribution is 5.77. The number of halogens is 1. The van der Waals surface area contributed by atoms with Crippen LogP contribution in [-0.4, -0.2) is 10.9 Å². The van der Waals surface area contributed by atoms with Crippen LogP contribution in [0.25, 0.3) is 11.1 Å². The molecule has 3 nitrogen and oxygen atoms in total. The average Bonchev–Trinajstić information content (AvgIpc) is 2.29. The van der Waals surface area contributed by atoms with Crippen LogP contribution in [-0.2, 0) is 11.2 Å².